The number of fused-ring (bicyclic) bond motifs is 1. The van der Waals surface area contributed by atoms with Gasteiger partial charge in [-0.3, -0.25) is 0 Å². The van der Waals surface area contributed by atoms with Gasteiger partial charge >= 0.3 is 0 Å². The molecule has 0 radical (unpaired) electrons. The van der Waals surface area contributed by atoms with E-state index < -0.39 is 0 Å². The minimum atomic E-state index is 0.495. The molecule has 1 aromatic carbocycles. The number of hydrogen-bond donors (Lipinski definition) is 1. The van der Waals surface area contributed by atoms with Gasteiger partial charge in [0.15, 0.2) is 0 Å². The summed E-state index contributed by atoms with van der Waals surface area (Å²) in [6.07, 6.45) is 2.22. The van der Waals surface area contributed by atoms with Gasteiger partial charge in [0.05, 0.1) is 16.7 Å². The number of nitrogens with one attached hydrogen (secondary N) is 1. The first-order valence-electron chi connectivity index (χ1n) is 6.04. The number of halogens is 1. The van der Waals surface area contributed by atoms with E-state index in [-0.39, 0.29) is 0 Å². The van der Waals surface area contributed by atoms with Crippen molar-refractivity contribution in [1.82, 2.24) is 9.55 Å². The van der Waals surface area contributed by atoms with E-state index in [0.29, 0.717) is 11.3 Å². The molecule has 1 heterocycles. The molecular weight excluding hydrogens is 234 g/mol. The van der Waals surface area contributed by atoms with Crippen LogP contribution >= 0.6 is 11.6 Å². The van der Waals surface area contributed by atoms with Crippen LogP contribution in [0.1, 0.15) is 26.7 Å². The van der Waals surface area contributed by atoms with Gasteiger partial charge in [-0.15, -0.1) is 0 Å². The lowest BCUT2D eigenvalue weighted by Gasteiger charge is -2.17. The molecule has 0 amide bonds. The normalized spacial score (nSPS) is 11.4. The number of nitrogens with zero attached hydrogens (tertiary/aromatic N) is 2. The zero-order valence-electron chi connectivity index (χ0n) is 10.5. The third-order valence-electron chi connectivity index (χ3n) is 3.18. The second-order valence-electron chi connectivity index (χ2n) is 4.27. The fraction of sp³-hybridized carbons (Fsp3) is 0.462. The first-order valence-corrected chi connectivity index (χ1v) is 6.42. The van der Waals surface area contributed by atoms with Crippen LogP contribution in [0.4, 0.5) is 5.69 Å². The Hall–Kier alpha value is -1.22. The summed E-state index contributed by atoms with van der Waals surface area (Å²) in [5.74, 6) is 0. The molecular formula is C13H18ClN3. The Morgan fingerprint density at radius 3 is 2.71 bits per heavy atom. The predicted molar refractivity (Wildman–Crippen MR) is 73.7 cm³/mol. The maximum Gasteiger partial charge on any atom is 0.203 e. The first kappa shape index (κ1) is 12.2. The predicted octanol–water partition coefficient (Wildman–Crippen LogP) is 3.83. The van der Waals surface area contributed by atoms with Crippen LogP contribution in [-0.2, 0) is 7.05 Å². The fourth-order valence-corrected chi connectivity index (χ4v) is 2.25. The highest BCUT2D eigenvalue weighted by molar-refractivity contribution is 6.29. The van der Waals surface area contributed by atoms with E-state index in [9.17, 15) is 0 Å². The Morgan fingerprint density at radius 2 is 2.06 bits per heavy atom. The molecule has 3 nitrogen and oxygen atoms in total. The Balaban J connectivity index is 2.46. The lowest BCUT2D eigenvalue weighted by atomic mass is 10.1. The summed E-state index contributed by atoms with van der Waals surface area (Å²) in [5, 5.41) is 4.08. The number of benzene rings is 1. The van der Waals surface area contributed by atoms with E-state index in [4.69, 9.17) is 11.6 Å². The first-order chi connectivity index (χ1) is 8.17. The number of aromatic nitrogens is 2. The van der Waals surface area contributed by atoms with Crippen LogP contribution in [0, 0.1) is 0 Å². The molecule has 0 spiro atoms. The topological polar surface area (TPSA) is 29.9 Å². The van der Waals surface area contributed by atoms with E-state index >= 15 is 0 Å². The van der Waals surface area contributed by atoms with E-state index in [1.165, 1.54) is 0 Å². The van der Waals surface area contributed by atoms with Crippen LogP contribution in [-0.4, -0.2) is 15.6 Å². The Morgan fingerprint density at radius 1 is 1.35 bits per heavy atom. The molecule has 17 heavy (non-hydrogen) atoms. The minimum absolute atomic E-state index is 0.495. The van der Waals surface area contributed by atoms with Crippen LogP contribution in [0.15, 0.2) is 18.2 Å². The molecule has 0 unspecified atom stereocenters. The highest BCUT2D eigenvalue weighted by Crippen LogP contribution is 2.26. The summed E-state index contributed by atoms with van der Waals surface area (Å²) >= 11 is 6.05. The van der Waals surface area contributed by atoms with Crippen molar-refractivity contribution in [2.45, 2.75) is 32.7 Å². The van der Waals surface area contributed by atoms with Crippen LogP contribution in [0.25, 0.3) is 11.0 Å². The molecule has 0 bridgehead atoms. The molecule has 1 N–H and O–H groups in total. The SMILES string of the molecule is CCC(CC)Nc1cccc2nc(Cl)n(C)c12. The van der Waals surface area contributed by atoms with Crippen molar-refractivity contribution in [3.05, 3.63) is 23.5 Å². The van der Waals surface area contributed by atoms with Crippen molar-refractivity contribution in [3.8, 4) is 0 Å². The Labute approximate surface area is 107 Å². The van der Waals surface area contributed by atoms with Gasteiger partial charge in [0.25, 0.3) is 0 Å². The molecule has 0 atom stereocenters. The Kier molecular flexibility index (Phi) is 3.57. The van der Waals surface area contributed by atoms with Crippen LogP contribution < -0.4 is 5.32 Å². The average molecular weight is 252 g/mol. The van der Waals surface area contributed by atoms with Gasteiger partial charge in [-0.1, -0.05) is 19.9 Å². The fourth-order valence-electron chi connectivity index (χ4n) is 2.07. The highest BCUT2D eigenvalue weighted by Gasteiger charge is 2.11. The minimum Gasteiger partial charge on any atom is -0.381 e. The molecule has 2 aromatic rings. The molecule has 0 saturated heterocycles. The number of anilines is 1. The highest BCUT2D eigenvalue weighted by atomic mass is 35.5. The molecule has 0 aliphatic carbocycles. The number of imidazole rings is 1. The van der Waals surface area contributed by atoms with Crippen molar-refractivity contribution >= 4 is 28.3 Å². The Bertz CT molecular complexity index is 515. The largest absolute Gasteiger partial charge is 0.381 e. The summed E-state index contributed by atoms with van der Waals surface area (Å²) in [6, 6.07) is 6.57. The second-order valence-corrected chi connectivity index (χ2v) is 4.61. The van der Waals surface area contributed by atoms with Gasteiger partial charge in [0.2, 0.25) is 5.28 Å². The zero-order valence-corrected chi connectivity index (χ0v) is 11.3. The number of hydrogen-bond acceptors (Lipinski definition) is 2. The lowest BCUT2D eigenvalue weighted by Crippen LogP contribution is -2.17. The van der Waals surface area contributed by atoms with E-state index in [2.05, 4.69) is 30.2 Å². The molecule has 0 aliphatic heterocycles. The third-order valence-corrected chi connectivity index (χ3v) is 3.52. The summed E-state index contributed by atoms with van der Waals surface area (Å²) < 4.78 is 1.92. The number of para-hydroxylation sites is 1. The smallest absolute Gasteiger partial charge is 0.203 e. The zero-order chi connectivity index (χ0) is 12.4. The molecule has 92 valence electrons. The summed E-state index contributed by atoms with van der Waals surface area (Å²) in [4.78, 5) is 4.32. The molecule has 0 saturated carbocycles. The van der Waals surface area contributed by atoms with Crippen LogP contribution in [0.5, 0.6) is 0 Å². The summed E-state index contributed by atoms with van der Waals surface area (Å²) in [5.41, 5.74) is 3.12. The van der Waals surface area contributed by atoms with Crippen molar-refractivity contribution in [2.24, 2.45) is 7.05 Å². The van der Waals surface area contributed by atoms with Gasteiger partial charge in [-0.25, -0.2) is 4.98 Å². The van der Waals surface area contributed by atoms with Crippen molar-refractivity contribution in [3.63, 3.8) is 0 Å². The second kappa shape index (κ2) is 4.96. The molecule has 1 aromatic heterocycles. The maximum atomic E-state index is 6.05. The van der Waals surface area contributed by atoms with Crippen LogP contribution in [0.2, 0.25) is 5.28 Å². The van der Waals surface area contributed by atoms with Gasteiger partial charge in [0.1, 0.15) is 0 Å². The van der Waals surface area contributed by atoms with Gasteiger partial charge in [0, 0.05) is 13.1 Å². The van der Waals surface area contributed by atoms with Crippen LogP contribution in [0.3, 0.4) is 0 Å². The van der Waals surface area contributed by atoms with Crippen molar-refractivity contribution in [1.29, 1.82) is 0 Å². The lowest BCUT2D eigenvalue weighted by molar-refractivity contribution is 0.672. The molecule has 2 rings (SSSR count). The van der Waals surface area contributed by atoms with Crippen molar-refractivity contribution < 1.29 is 0 Å². The maximum absolute atomic E-state index is 6.05. The average Bonchev–Trinajstić information content (AvgIpc) is 2.63. The standard InChI is InChI=1S/C13H18ClN3/c1-4-9(5-2)15-10-7-6-8-11-12(10)17(3)13(14)16-11/h6-9,15H,4-5H2,1-3H3. The summed E-state index contributed by atoms with van der Waals surface area (Å²) in [7, 11) is 1.94. The van der Waals surface area contributed by atoms with Crippen molar-refractivity contribution in [2.75, 3.05) is 5.32 Å². The van der Waals surface area contributed by atoms with E-state index in [0.717, 1.165) is 29.6 Å². The van der Waals surface area contributed by atoms with Gasteiger partial charge < -0.3 is 9.88 Å². The molecule has 0 aliphatic rings. The quantitative estimate of drug-likeness (QED) is 0.895. The third kappa shape index (κ3) is 2.25. The summed E-state index contributed by atoms with van der Waals surface area (Å²) in [6.45, 7) is 4.38. The van der Waals surface area contributed by atoms with E-state index in [1.54, 1.807) is 0 Å². The monoisotopic (exact) mass is 251 g/mol. The molecule has 4 heteroatoms. The number of rotatable bonds is 4. The van der Waals surface area contributed by atoms with Gasteiger partial charge in [-0.05, 0) is 36.6 Å². The van der Waals surface area contributed by atoms with E-state index in [1.807, 2.05) is 23.7 Å². The molecule has 0 fully saturated rings. The number of aryl methyl sites for hydroxylation is 1. The van der Waals surface area contributed by atoms with Gasteiger partial charge in [-0.2, -0.15) is 0 Å².